The Balaban J connectivity index is 2.49. The molecule has 0 radical (unpaired) electrons. The van der Waals surface area contributed by atoms with Crippen molar-refractivity contribution in [3.05, 3.63) is 20.8 Å². The molecule has 0 spiro atoms. The van der Waals surface area contributed by atoms with Crippen molar-refractivity contribution in [1.82, 2.24) is 9.97 Å². The highest BCUT2D eigenvalue weighted by molar-refractivity contribution is 8.00. The van der Waals surface area contributed by atoms with Gasteiger partial charge in [-0.2, -0.15) is 5.26 Å². The fourth-order valence-corrected chi connectivity index (χ4v) is 3.94. The molecule has 21 heavy (non-hydrogen) atoms. The first kappa shape index (κ1) is 16.1. The highest BCUT2D eigenvalue weighted by Gasteiger charge is 2.17. The third-order valence-electron chi connectivity index (χ3n) is 3.56. The van der Waals surface area contributed by atoms with E-state index in [0.29, 0.717) is 11.1 Å². The molecular weight excluding hydrogens is 302 g/mol. The highest BCUT2D eigenvalue weighted by Crippen LogP contribution is 2.31. The van der Waals surface area contributed by atoms with E-state index in [1.165, 1.54) is 16.6 Å². The van der Waals surface area contributed by atoms with Gasteiger partial charge >= 0.3 is 0 Å². The second-order valence-corrected chi connectivity index (χ2v) is 7.83. The van der Waals surface area contributed by atoms with Crippen LogP contribution in [0.2, 0.25) is 0 Å². The molecular formula is C15H19N3OS2. The van der Waals surface area contributed by atoms with Crippen LogP contribution in [-0.2, 0) is 6.42 Å². The molecule has 0 saturated carbocycles. The smallest absolute Gasteiger partial charge is 0.260 e. The molecule has 6 heteroatoms. The molecule has 0 aliphatic rings. The number of H-pyrrole nitrogens is 1. The maximum atomic E-state index is 12.4. The first-order valence-electron chi connectivity index (χ1n) is 7.04. The number of aromatic amines is 1. The zero-order valence-electron chi connectivity index (χ0n) is 12.7. The van der Waals surface area contributed by atoms with Crippen LogP contribution in [0, 0.1) is 24.2 Å². The molecule has 1 N–H and O–H groups in total. The molecule has 0 bridgehead atoms. The Morgan fingerprint density at radius 3 is 2.81 bits per heavy atom. The van der Waals surface area contributed by atoms with E-state index in [2.05, 4.69) is 29.9 Å². The molecule has 0 saturated heterocycles. The molecule has 2 rings (SSSR count). The third-order valence-corrected chi connectivity index (χ3v) is 5.48. The van der Waals surface area contributed by atoms with Crippen LogP contribution >= 0.6 is 23.1 Å². The first-order chi connectivity index (χ1) is 9.96. The van der Waals surface area contributed by atoms with Crippen molar-refractivity contribution in [2.45, 2.75) is 50.9 Å². The van der Waals surface area contributed by atoms with Crippen LogP contribution in [0.3, 0.4) is 0 Å². The van der Waals surface area contributed by atoms with Crippen LogP contribution in [-0.4, -0.2) is 15.2 Å². The van der Waals surface area contributed by atoms with Gasteiger partial charge in [-0.15, -0.1) is 11.3 Å². The number of nitriles is 1. The number of fused-ring (bicyclic) bond motifs is 1. The molecule has 2 aromatic rings. The van der Waals surface area contributed by atoms with Crippen LogP contribution in [0.25, 0.3) is 10.2 Å². The number of nitrogens with zero attached hydrogens (tertiary/aromatic N) is 2. The van der Waals surface area contributed by atoms with Gasteiger partial charge in [-0.3, -0.25) is 4.79 Å². The molecule has 112 valence electrons. The molecule has 0 amide bonds. The molecule has 0 aromatic carbocycles. The Morgan fingerprint density at radius 2 is 2.19 bits per heavy atom. The van der Waals surface area contributed by atoms with E-state index in [0.717, 1.165) is 28.6 Å². The number of hydrogen-bond acceptors (Lipinski definition) is 5. The molecule has 0 fully saturated rings. The Hall–Kier alpha value is -1.32. The lowest BCUT2D eigenvalue weighted by Gasteiger charge is -2.08. The Kier molecular flexibility index (Phi) is 5.07. The van der Waals surface area contributed by atoms with E-state index in [1.54, 1.807) is 18.3 Å². The molecule has 0 aliphatic heterocycles. The molecule has 0 unspecified atom stereocenters. The minimum Gasteiger partial charge on any atom is -0.301 e. The van der Waals surface area contributed by atoms with Crippen molar-refractivity contribution in [2.75, 3.05) is 0 Å². The summed E-state index contributed by atoms with van der Waals surface area (Å²) in [5.41, 5.74) is 1.04. The number of hydrogen-bond donors (Lipinski definition) is 1. The Bertz CT molecular complexity index is 742. The van der Waals surface area contributed by atoms with Gasteiger partial charge in [0.15, 0.2) is 5.16 Å². The number of rotatable bonds is 5. The van der Waals surface area contributed by atoms with Crippen LogP contribution < -0.4 is 5.56 Å². The van der Waals surface area contributed by atoms with Crippen LogP contribution in [0.1, 0.15) is 37.6 Å². The number of thioether (sulfide) groups is 1. The Morgan fingerprint density at radius 1 is 1.48 bits per heavy atom. The van der Waals surface area contributed by atoms with Gasteiger partial charge < -0.3 is 4.98 Å². The lowest BCUT2D eigenvalue weighted by Crippen LogP contribution is -2.11. The van der Waals surface area contributed by atoms with Gasteiger partial charge in [-0.1, -0.05) is 32.0 Å². The van der Waals surface area contributed by atoms with Crippen LogP contribution in [0.4, 0.5) is 0 Å². The lowest BCUT2D eigenvalue weighted by molar-refractivity contribution is 0.561. The highest BCUT2D eigenvalue weighted by atomic mass is 32.2. The summed E-state index contributed by atoms with van der Waals surface area (Å²) in [5, 5.41) is 9.89. The SMILES string of the molecule is CC[C@H](C)Cc1c(C)sc2nc(S[C@@H](C)C#N)[nH]c(=O)c12. The minimum atomic E-state index is -0.230. The van der Waals surface area contributed by atoms with Gasteiger partial charge in [0, 0.05) is 4.88 Å². The van der Waals surface area contributed by atoms with Gasteiger partial charge in [0.25, 0.3) is 5.56 Å². The van der Waals surface area contributed by atoms with E-state index in [4.69, 9.17) is 5.26 Å². The summed E-state index contributed by atoms with van der Waals surface area (Å²) in [4.78, 5) is 21.7. The molecule has 2 aromatic heterocycles. The molecule has 4 nitrogen and oxygen atoms in total. The summed E-state index contributed by atoms with van der Waals surface area (Å²) >= 11 is 2.85. The molecule has 2 heterocycles. The van der Waals surface area contributed by atoms with E-state index < -0.39 is 0 Å². The van der Waals surface area contributed by atoms with Gasteiger partial charge in [-0.25, -0.2) is 4.98 Å². The maximum absolute atomic E-state index is 12.4. The quantitative estimate of drug-likeness (QED) is 0.670. The lowest BCUT2D eigenvalue weighted by atomic mass is 9.98. The fourth-order valence-electron chi connectivity index (χ4n) is 2.14. The summed E-state index contributed by atoms with van der Waals surface area (Å²) < 4.78 is 0. The second-order valence-electron chi connectivity index (χ2n) is 5.29. The predicted octanol–water partition coefficient (Wildman–Crippen LogP) is 3.89. The van der Waals surface area contributed by atoms with Gasteiger partial charge in [0.2, 0.25) is 0 Å². The average molecular weight is 321 g/mol. The molecule has 0 aliphatic carbocycles. The summed E-state index contributed by atoms with van der Waals surface area (Å²) in [6, 6.07) is 2.14. The Labute approximate surface area is 132 Å². The maximum Gasteiger partial charge on any atom is 0.260 e. The largest absolute Gasteiger partial charge is 0.301 e. The topological polar surface area (TPSA) is 69.5 Å². The van der Waals surface area contributed by atoms with Crippen LogP contribution in [0.5, 0.6) is 0 Å². The van der Waals surface area contributed by atoms with E-state index in [-0.39, 0.29) is 10.8 Å². The van der Waals surface area contributed by atoms with Crippen molar-refractivity contribution in [3.8, 4) is 6.07 Å². The zero-order valence-corrected chi connectivity index (χ0v) is 14.3. The van der Waals surface area contributed by atoms with E-state index in [9.17, 15) is 4.79 Å². The number of thiophene rings is 1. The summed E-state index contributed by atoms with van der Waals surface area (Å²) in [6.45, 7) is 8.20. The first-order valence-corrected chi connectivity index (χ1v) is 8.74. The van der Waals surface area contributed by atoms with Crippen molar-refractivity contribution < 1.29 is 0 Å². The van der Waals surface area contributed by atoms with Crippen LogP contribution in [0.15, 0.2) is 9.95 Å². The normalized spacial score (nSPS) is 14.0. The standard InChI is InChI=1S/C15H19N3OS2/c1-5-8(2)6-11-10(4)21-14-12(11)13(19)17-15(18-14)20-9(3)7-16/h8-9H,5-6H2,1-4H3,(H,17,18,19)/t8-,9-/m0/s1. The molecule has 2 atom stereocenters. The van der Waals surface area contributed by atoms with Gasteiger partial charge in [-0.05, 0) is 31.7 Å². The third kappa shape index (κ3) is 3.47. The summed E-state index contributed by atoms with van der Waals surface area (Å²) in [5.74, 6) is 0.550. The minimum absolute atomic E-state index is 0.0877. The number of nitrogens with one attached hydrogen (secondary N) is 1. The monoisotopic (exact) mass is 321 g/mol. The van der Waals surface area contributed by atoms with E-state index in [1.807, 2.05) is 6.92 Å². The van der Waals surface area contributed by atoms with E-state index >= 15 is 0 Å². The van der Waals surface area contributed by atoms with Crippen molar-refractivity contribution >= 4 is 33.3 Å². The second kappa shape index (κ2) is 6.63. The number of aromatic nitrogens is 2. The van der Waals surface area contributed by atoms with Crippen molar-refractivity contribution in [2.24, 2.45) is 5.92 Å². The number of aryl methyl sites for hydroxylation is 1. The van der Waals surface area contributed by atoms with Crippen molar-refractivity contribution in [3.63, 3.8) is 0 Å². The summed E-state index contributed by atoms with van der Waals surface area (Å²) in [7, 11) is 0. The zero-order chi connectivity index (χ0) is 15.6. The fraction of sp³-hybridized carbons (Fsp3) is 0.533. The van der Waals surface area contributed by atoms with Crippen molar-refractivity contribution in [1.29, 1.82) is 5.26 Å². The van der Waals surface area contributed by atoms with Gasteiger partial charge in [0.1, 0.15) is 4.83 Å². The summed E-state index contributed by atoms with van der Waals surface area (Å²) in [6.07, 6.45) is 2.00. The van der Waals surface area contributed by atoms with Gasteiger partial charge in [0.05, 0.1) is 16.7 Å². The predicted molar refractivity (Wildman–Crippen MR) is 89.1 cm³/mol. The average Bonchev–Trinajstić information content (AvgIpc) is 2.74.